The van der Waals surface area contributed by atoms with E-state index in [0.717, 1.165) is 0 Å². The SMILES string of the molecule is Nc1ncc(BO)cn1. The molecule has 0 saturated heterocycles. The van der Waals surface area contributed by atoms with E-state index < -0.39 is 0 Å². The van der Waals surface area contributed by atoms with Crippen LogP contribution >= 0.6 is 0 Å². The fraction of sp³-hybridized carbons (Fsp3) is 0. The molecule has 0 aromatic carbocycles. The lowest BCUT2D eigenvalue weighted by Crippen LogP contribution is -2.15. The molecule has 5 heteroatoms. The van der Waals surface area contributed by atoms with E-state index in [9.17, 15) is 0 Å². The van der Waals surface area contributed by atoms with Gasteiger partial charge in [-0.15, -0.1) is 0 Å². The number of nitrogens with two attached hydrogens (primary N) is 1. The summed E-state index contributed by atoms with van der Waals surface area (Å²) in [5.74, 6) is 0.229. The van der Waals surface area contributed by atoms with Crippen LogP contribution in [-0.4, -0.2) is 22.5 Å². The Morgan fingerprint density at radius 3 is 2.44 bits per heavy atom. The Bertz CT molecular complexity index is 188. The van der Waals surface area contributed by atoms with Gasteiger partial charge in [-0.3, -0.25) is 0 Å². The lowest BCUT2D eigenvalue weighted by molar-refractivity contribution is 0.615. The summed E-state index contributed by atoms with van der Waals surface area (Å²) < 4.78 is 0. The minimum Gasteiger partial charge on any atom is -0.449 e. The molecule has 0 spiro atoms. The maximum Gasteiger partial charge on any atom is 0.307 e. The highest BCUT2D eigenvalue weighted by Crippen LogP contribution is 1.80. The predicted octanol–water partition coefficient (Wildman–Crippen LogP) is -1.97. The molecule has 1 rings (SSSR count). The zero-order chi connectivity index (χ0) is 6.69. The minimum absolute atomic E-state index is 0.0414. The van der Waals surface area contributed by atoms with E-state index in [0.29, 0.717) is 5.46 Å². The lowest BCUT2D eigenvalue weighted by Gasteiger charge is -1.90. The van der Waals surface area contributed by atoms with Crippen molar-refractivity contribution >= 4 is 18.9 Å². The van der Waals surface area contributed by atoms with Crippen LogP contribution in [0.25, 0.3) is 0 Å². The number of anilines is 1. The Hall–Kier alpha value is -1.10. The van der Waals surface area contributed by atoms with Crippen LogP contribution in [0.5, 0.6) is 0 Å². The zero-order valence-electron chi connectivity index (χ0n) is 4.78. The number of nitrogens with zero attached hydrogens (tertiary/aromatic N) is 2. The van der Waals surface area contributed by atoms with Gasteiger partial charge in [0.1, 0.15) is 0 Å². The van der Waals surface area contributed by atoms with E-state index in [1.807, 2.05) is 0 Å². The molecule has 0 unspecified atom stereocenters. The summed E-state index contributed by atoms with van der Waals surface area (Å²) in [6, 6.07) is 0. The summed E-state index contributed by atoms with van der Waals surface area (Å²) in [4.78, 5) is 7.31. The van der Waals surface area contributed by atoms with Gasteiger partial charge in [0.05, 0.1) is 0 Å². The molecule has 0 fully saturated rings. The molecule has 0 aliphatic rings. The Morgan fingerprint density at radius 1 is 1.44 bits per heavy atom. The maximum atomic E-state index is 8.51. The van der Waals surface area contributed by atoms with Gasteiger partial charge in [-0.1, -0.05) is 0 Å². The van der Waals surface area contributed by atoms with Crippen molar-refractivity contribution in [1.29, 1.82) is 0 Å². The van der Waals surface area contributed by atoms with E-state index in [1.165, 1.54) is 12.4 Å². The van der Waals surface area contributed by atoms with Crippen molar-refractivity contribution in [3.8, 4) is 0 Å². The fourth-order valence-electron chi connectivity index (χ4n) is 0.446. The van der Waals surface area contributed by atoms with Crippen LogP contribution < -0.4 is 11.2 Å². The van der Waals surface area contributed by atoms with E-state index >= 15 is 0 Å². The largest absolute Gasteiger partial charge is 0.449 e. The number of nitrogen functional groups attached to an aromatic ring is 1. The normalized spacial score (nSPS) is 9.00. The zero-order valence-corrected chi connectivity index (χ0v) is 4.78. The molecule has 0 atom stereocenters. The minimum atomic E-state index is -0.0414. The molecule has 0 radical (unpaired) electrons. The van der Waals surface area contributed by atoms with Crippen LogP contribution in [0.4, 0.5) is 5.95 Å². The fourth-order valence-corrected chi connectivity index (χ4v) is 0.446. The molecule has 0 bridgehead atoms. The van der Waals surface area contributed by atoms with Crippen LogP contribution in [0.1, 0.15) is 0 Å². The smallest absolute Gasteiger partial charge is 0.307 e. The van der Waals surface area contributed by atoms with Crippen molar-refractivity contribution in [2.45, 2.75) is 0 Å². The van der Waals surface area contributed by atoms with Crippen LogP contribution in [-0.2, 0) is 0 Å². The number of aromatic nitrogens is 2. The van der Waals surface area contributed by atoms with Crippen LogP contribution in [0.2, 0.25) is 0 Å². The van der Waals surface area contributed by atoms with E-state index in [1.54, 1.807) is 0 Å². The molecule has 4 nitrogen and oxygen atoms in total. The Morgan fingerprint density at radius 2 is 2.00 bits per heavy atom. The molecule has 1 aromatic heterocycles. The van der Waals surface area contributed by atoms with Crippen molar-refractivity contribution in [3.05, 3.63) is 12.4 Å². The second-order valence-corrected chi connectivity index (χ2v) is 1.61. The quantitative estimate of drug-likeness (QED) is 0.424. The first-order valence-corrected chi connectivity index (χ1v) is 2.50. The maximum absolute atomic E-state index is 8.51. The Balaban J connectivity index is 2.88. The van der Waals surface area contributed by atoms with Crippen LogP contribution in [0, 0.1) is 0 Å². The van der Waals surface area contributed by atoms with E-state index in [-0.39, 0.29) is 13.4 Å². The summed E-state index contributed by atoms with van der Waals surface area (Å²) in [7, 11) is -0.0414. The van der Waals surface area contributed by atoms with Crippen molar-refractivity contribution in [1.82, 2.24) is 9.97 Å². The van der Waals surface area contributed by atoms with Gasteiger partial charge in [0, 0.05) is 12.4 Å². The molecule has 0 amide bonds. The second-order valence-electron chi connectivity index (χ2n) is 1.61. The van der Waals surface area contributed by atoms with Gasteiger partial charge in [0.25, 0.3) is 0 Å². The van der Waals surface area contributed by atoms with Crippen molar-refractivity contribution in [2.24, 2.45) is 0 Å². The van der Waals surface area contributed by atoms with Crippen molar-refractivity contribution in [2.75, 3.05) is 5.73 Å². The average Bonchev–Trinajstić information content (AvgIpc) is 1.90. The second kappa shape index (κ2) is 2.45. The third-order valence-electron chi connectivity index (χ3n) is 0.908. The summed E-state index contributed by atoms with van der Waals surface area (Å²) in [5, 5.41) is 8.51. The molecule has 1 aromatic rings. The monoisotopic (exact) mass is 123 g/mol. The van der Waals surface area contributed by atoms with Gasteiger partial charge in [-0.2, -0.15) is 0 Å². The van der Waals surface area contributed by atoms with Crippen LogP contribution in [0.15, 0.2) is 12.4 Å². The molecular weight excluding hydrogens is 117 g/mol. The first-order chi connectivity index (χ1) is 4.33. The van der Waals surface area contributed by atoms with Gasteiger partial charge in [0.15, 0.2) is 0 Å². The highest BCUT2D eigenvalue weighted by molar-refractivity contribution is 6.45. The summed E-state index contributed by atoms with van der Waals surface area (Å²) in [5.41, 5.74) is 5.85. The van der Waals surface area contributed by atoms with Gasteiger partial charge in [-0.25, -0.2) is 9.97 Å². The van der Waals surface area contributed by atoms with Crippen molar-refractivity contribution < 1.29 is 5.02 Å². The average molecular weight is 123 g/mol. The summed E-state index contributed by atoms with van der Waals surface area (Å²) in [6.45, 7) is 0. The molecule has 0 saturated carbocycles. The van der Waals surface area contributed by atoms with Crippen molar-refractivity contribution in [3.63, 3.8) is 0 Å². The van der Waals surface area contributed by atoms with Crippen LogP contribution in [0.3, 0.4) is 0 Å². The van der Waals surface area contributed by atoms with E-state index in [4.69, 9.17) is 10.8 Å². The summed E-state index contributed by atoms with van der Waals surface area (Å²) in [6.07, 6.45) is 2.98. The third kappa shape index (κ3) is 1.40. The summed E-state index contributed by atoms with van der Waals surface area (Å²) >= 11 is 0. The molecular formula is C4H6BN3O. The molecule has 3 N–H and O–H groups in total. The Kier molecular flexibility index (Phi) is 1.64. The predicted molar refractivity (Wildman–Crippen MR) is 35.4 cm³/mol. The topological polar surface area (TPSA) is 72.0 Å². The molecule has 46 valence electrons. The van der Waals surface area contributed by atoms with E-state index in [2.05, 4.69) is 9.97 Å². The number of rotatable bonds is 1. The van der Waals surface area contributed by atoms with Gasteiger partial charge < -0.3 is 10.8 Å². The van der Waals surface area contributed by atoms with Gasteiger partial charge in [-0.05, 0) is 5.46 Å². The Labute approximate surface area is 53.0 Å². The number of hydrogen-bond donors (Lipinski definition) is 2. The first kappa shape index (κ1) is 6.03. The molecule has 0 aliphatic carbocycles. The van der Waals surface area contributed by atoms with Gasteiger partial charge in [0.2, 0.25) is 5.95 Å². The molecule has 1 heterocycles. The lowest BCUT2D eigenvalue weighted by atomic mass is 9.92. The third-order valence-corrected chi connectivity index (χ3v) is 0.908. The number of hydrogen-bond acceptors (Lipinski definition) is 4. The standard InChI is InChI=1S/C4H6BN3O/c6-4-7-1-3(5-9)2-8-4/h1-2,5,9H,(H2,6,7,8). The molecule has 0 aliphatic heterocycles. The highest BCUT2D eigenvalue weighted by Gasteiger charge is 1.91. The first-order valence-electron chi connectivity index (χ1n) is 2.50. The highest BCUT2D eigenvalue weighted by atomic mass is 16.2. The van der Waals surface area contributed by atoms with Gasteiger partial charge >= 0.3 is 7.48 Å². The molecule has 9 heavy (non-hydrogen) atoms.